The largest absolute Gasteiger partial charge is 0.329 e. The number of hydrogen-bond acceptors (Lipinski definition) is 4. The Balaban J connectivity index is 2.33. The van der Waals surface area contributed by atoms with Crippen molar-refractivity contribution in [3.8, 4) is 6.07 Å². The first-order valence-corrected chi connectivity index (χ1v) is 7.25. The third kappa shape index (κ3) is 2.25. The van der Waals surface area contributed by atoms with Crippen molar-refractivity contribution in [2.24, 2.45) is 5.73 Å². The Morgan fingerprint density at radius 3 is 2.61 bits per heavy atom. The average Bonchev–Trinajstić information content (AvgIpc) is 2.88. The topological polar surface area (TPSA) is 87.2 Å². The van der Waals surface area contributed by atoms with Gasteiger partial charge in [-0.1, -0.05) is 0 Å². The van der Waals surface area contributed by atoms with Gasteiger partial charge in [-0.25, -0.2) is 8.42 Å². The zero-order valence-electron chi connectivity index (χ0n) is 9.91. The smallest absolute Gasteiger partial charge is 0.243 e. The molecule has 1 fully saturated rings. The van der Waals surface area contributed by atoms with Crippen LogP contribution in [0.4, 0.5) is 0 Å². The highest BCUT2D eigenvalue weighted by molar-refractivity contribution is 7.89. The summed E-state index contributed by atoms with van der Waals surface area (Å²) in [5.74, 6) is 0. The van der Waals surface area contributed by atoms with Crippen molar-refractivity contribution in [2.45, 2.75) is 23.8 Å². The van der Waals surface area contributed by atoms with Gasteiger partial charge < -0.3 is 5.73 Å². The third-order valence-electron chi connectivity index (χ3n) is 3.19. The second-order valence-corrected chi connectivity index (χ2v) is 6.17. The van der Waals surface area contributed by atoms with Crippen LogP contribution in [-0.4, -0.2) is 31.9 Å². The maximum Gasteiger partial charge on any atom is 0.243 e. The van der Waals surface area contributed by atoms with Crippen molar-refractivity contribution in [3.05, 3.63) is 29.8 Å². The van der Waals surface area contributed by atoms with Gasteiger partial charge >= 0.3 is 0 Å². The fourth-order valence-electron chi connectivity index (χ4n) is 2.20. The first kappa shape index (κ1) is 13.0. The number of sulfonamides is 1. The molecule has 0 radical (unpaired) electrons. The van der Waals surface area contributed by atoms with Crippen molar-refractivity contribution in [3.63, 3.8) is 0 Å². The van der Waals surface area contributed by atoms with Crippen LogP contribution < -0.4 is 5.73 Å². The zero-order chi connectivity index (χ0) is 13.2. The van der Waals surface area contributed by atoms with Gasteiger partial charge in [0.25, 0.3) is 0 Å². The highest BCUT2D eigenvalue weighted by Gasteiger charge is 2.34. The van der Waals surface area contributed by atoms with E-state index in [4.69, 9.17) is 11.0 Å². The number of nitrogens with two attached hydrogens (primary N) is 1. The number of hydrogen-bond donors (Lipinski definition) is 1. The molecular formula is C12H15N3O2S. The van der Waals surface area contributed by atoms with E-state index in [9.17, 15) is 8.42 Å². The Morgan fingerprint density at radius 2 is 2.06 bits per heavy atom. The molecule has 0 spiro atoms. The second-order valence-electron chi connectivity index (χ2n) is 4.28. The minimum Gasteiger partial charge on any atom is -0.329 e. The molecule has 1 saturated heterocycles. The van der Waals surface area contributed by atoms with E-state index in [1.165, 1.54) is 28.6 Å². The molecule has 1 aliphatic rings. The van der Waals surface area contributed by atoms with E-state index in [0.717, 1.165) is 12.8 Å². The molecule has 0 unspecified atom stereocenters. The minimum atomic E-state index is -3.48. The van der Waals surface area contributed by atoms with Gasteiger partial charge in [-0.15, -0.1) is 0 Å². The van der Waals surface area contributed by atoms with E-state index >= 15 is 0 Å². The fourth-order valence-corrected chi connectivity index (χ4v) is 3.90. The van der Waals surface area contributed by atoms with Gasteiger partial charge in [0.2, 0.25) is 10.0 Å². The molecule has 6 heteroatoms. The predicted octanol–water partition coefficient (Wildman–Crippen LogP) is 0.670. The number of nitrogens with zero attached hydrogens (tertiary/aromatic N) is 2. The molecule has 1 heterocycles. The fraction of sp³-hybridized carbons (Fsp3) is 0.417. The number of rotatable bonds is 3. The molecule has 96 valence electrons. The molecule has 0 amide bonds. The van der Waals surface area contributed by atoms with Crippen LogP contribution in [-0.2, 0) is 10.0 Å². The van der Waals surface area contributed by atoms with Gasteiger partial charge in [0.1, 0.15) is 0 Å². The maximum atomic E-state index is 12.4. The highest BCUT2D eigenvalue weighted by atomic mass is 32.2. The van der Waals surface area contributed by atoms with Crippen molar-refractivity contribution < 1.29 is 8.42 Å². The molecule has 1 aromatic carbocycles. The Labute approximate surface area is 107 Å². The third-order valence-corrected chi connectivity index (χ3v) is 5.15. The van der Waals surface area contributed by atoms with Crippen LogP contribution in [0.3, 0.4) is 0 Å². The summed E-state index contributed by atoms with van der Waals surface area (Å²) in [6, 6.07) is 7.83. The lowest BCUT2D eigenvalue weighted by molar-refractivity contribution is 0.393. The summed E-state index contributed by atoms with van der Waals surface area (Å²) in [4.78, 5) is 0.224. The van der Waals surface area contributed by atoms with Gasteiger partial charge in [0, 0.05) is 19.1 Å². The van der Waals surface area contributed by atoms with Gasteiger partial charge in [-0.2, -0.15) is 9.57 Å². The van der Waals surface area contributed by atoms with Gasteiger partial charge in [-0.05, 0) is 37.1 Å². The first-order chi connectivity index (χ1) is 8.59. The quantitative estimate of drug-likeness (QED) is 0.870. The summed E-state index contributed by atoms with van der Waals surface area (Å²) in [7, 11) is -3.48. The normalized spacial score (nSPS) is 20.8. The van der Waals surface area contributed by atoms with Crippen molar-refractivity contribution in [1.82, 2.24) is 4.31 Å². The van der Waals surface area contributed by atoms with Crippen LogP contribution >= 0.6 is 0 Å². The summed E-state index contributed by atoms with van der Waals surface area (Å²) in [5, 5.41) is 8.70. The SMILES string of the molecule is N#Cc1ccc(S(=O)(=O)N2CCC[C@@H]2CN)cc1. The molecule has 1 aliphatic heterocycles. The molecule has 18 heavy (non-hydrogen) atoms. The molecule has 5 nitrogen and oxygen atoms in total. The standard InChI is InChI=1S/C12H15N3O2S/c13-8-10-3-5-12(6-4-10)18(16,17)15-7-1-2-11(15)9-14/h3-6,11H,1-2,7,9,14H2/t11-/m1/s1. The zero-order valence-corrected chi connectivity index (χ0v) is 10.7. The monoisotopic (exact) mass is 265 g/mol. The van der Waals surface area contributed by atoms with Gasteiger partial charge in [0.05, 0.1) is 16.5 Å². The Morgan fingerprint density at radius 1 is 1.39 bits per heavy atom. The Hall–Kier alpha value is -1.42. The lowest BCUT2D eigenvalue weighted by atomic mass is 10.2. The van der Waals surface area contributed by atoms with Crippen molar-refractivity contribution in [1.29, 1.82) is 5.26 Å². The Kier molecular flexibility index (Phi) is 3.66. The summed E-state index contributed by atoms with van der Waals surface area (Å²) in [6.07, 6.45) is 1.66. The van der Waals surface area contributed by atoms with E-state index in [0.29, 0.717) is 18.7 Å². The summed E-state index contributed by atoms with van der Waals surface area (Å²) >= 11 is 0. The van der Waals surface area contributed by atoms with Crippen LogP contribution in [0.15, 0.2) is 29.2 Å². The molecule has 2 rings (SSSR count). The molecule has 0 saturated carbocycles. The van der Waals surface area contributed by atoms with E-state index in [1.807, 2.05) is 6.07 Å². The van der Waals surface area contributed by atoms with Crippen LogP contribution in [0.25, 0.3) is 0 Å². The van der Waals surface area contributed by atoms with E-state index in [1.54, 1.807) is 0 Å². The van der Waals surface area contributed by atoms with Crippen molar-refractivity contribution in [2.75, 3.05) is 13.1 Å². The molecule has 1 aromatic rings. The minimum absolute atomic E-state index is 0.106. The molecule has 2 N–H and O–H groups in total. The molecule has 0 aromatic heterocycles. The van der Waals surface area contributed by atoms with Gasteiger partial charge in [-0.3, -0.25) is 0 Å². The highest BCUT2D eigenvalue weighted by Crippen LogP contribution is 2.25. The molecule has 0 aliphatic carbocycles. The average molecular weight is 265 g/mol. The van der Waals surface area contributed by atoms with E-state index < -0.39 is 10.0 Å². The van der Waals surface area contributed by atoms with Crippen LogP contribution in [0.1, 0.15) is 18.4 Å². The molecule has 1 atom stereocenters. The molecule has 0 bridgehead atoms. The Bertz CT molecular complexity index is 560. The van der Waals surface area contributed by atoms with Crippen LogP contribution in [0.2, 0.25) is 0 Å². The maximum absolute atomic E-state index is 12.4. The lowest BCUT2D eigenvalue weighted by Crippen LogP contribution is -2.39. The number of nitriles is 1. The summed E-state index contributed by atoms with van der Waals surface area (Å²) in [5.41, 5.74) is 6.05. The second kappa shape index (κ2) is 5.06. The van der Waals surface area contributed by atoms with E-state index in [2.05, 4.69) is 0 Å². The van der Waals surface area contributed by atoms with Crippen molar-refractivity contribution >= 4 is 10.0 Å². The molecular weight excluding hydrogens is 250 g/mol. The first-order valence-electron chi connectivity index (χ1n) is 5.81. The van der Waals surface area contributed by atoms with Crippen LogP contribution in [0.5, 0.6) is 0 Å². The summed E-state index contributed by atoms with van der Waals surface area (Å²) < 4.78 is 26.2. The summed E-state index contributed by atoms with van der Waals surface area (Å²) in [6.45, 7) is 0.861. The van der Waals surface area contributed by atoms with Crippen LogP contribution in [0, 0.1) is 11.3 Å². The number of benzene rings is 1. The lowest BCUT2D eigenvalue weighted by Gasteiger charge is -2.22. The van der Waals surface area contributed by atoms with Gasteiger partial charge in [0.15, 0.2) is 0 Å². The predicted molar refractivity (Wildman–Crippen MR) is 67.1 cm³/mol. The van der Waals surface area contributed by atoms with E-state index in [-0.39, 0.29) is 10.9 Å².